The van der Waals surface area contributed by atoms with Crippen LogP contribution in [0.2, 0.25) is 10.0 Å². The average Bonchev–Trinajstić information content (AvgIpc) is 3.35. The maximum Gasteiger partial charge on any atom is 0.240 e. The van der Waals surface area contributed by atoms with Gasteiger partial charge in [-0.3, -0.25) is 14.5 Å². The van der Waals surface area contributed by atoms with Gasteiger partial charge in [-0.2, -0.15) is 5.26 Å². The summed E-state index contributed by atoms with van der Waals surface area (Å²) in [7, 11) is 3.16. The molecule has 2 amide bonds. The molecule has 262 valence electrons. The summed E-state index contributed by atoms with van der Waals surface area (Å²) >= 11 is 12.4. The zero-order valence-corrected chi connectivity index (χ0v) is 29.7. The summed E-state index contributed by atoms with van der Waals surface area (Å²) in [6.07, 6.45) is 0.379. The van der Waals surface area contributed by atoms with Gasteiger partial charge in [0.15, 0.2) is 0 Å². The number of methoxy groups -OCH3 is 2. The molecule has 2 aromatic carbocycles. The maximum absolute atomic E-state index is 16.0. The topological polar surface area (TPSA) is 98.1 Å². The molecule has 0 spiro atoms. The van der Waals surface area contributed by atoms with Gasteiger partial charge in [0.1, 0.15) is 17.0 Å². The van der Waals surface area contributed by atoms with Crippen molar-refractivity contribution in [3.8, 4) is 6.07 Å². The monoisotopic (exact) mass is 707 g/mol. The van der Waals surface area contributed by atoms with E-state index in [0.717, 1.165) is 6.07 Å². The molecule has 4 rings (SSSR count). The fraction of sp³-hybridized carbons (Fsp3) is 0.571. The molecule has 1 N–H and O–H groups in total. The predicted octanol–water partition coefficient (Wildman–Crippen LogP) is 4.86. The van der Waals surface area contributed by atoms with E-state index in [2.05, 4.69) is 11.4 Å². The molecule has 48 heavy (non-hydrogen) atoms. The molecule has 2 fully saturated rings. The largest absolute Gasteiger partial charge is 0.383 e. The first-order valence-corrected chi connectivity index (χ1v) is 16.9. The van der Waals surface area contributed by atoms with Crippen LogP contribution >= 0.6 is 23.2 Å². The lowest BCUT2D eigenvalue weighted by Crippen LogP contribution is -2.56. The Morgan fingerprint density at radius 3 is 2.27 bits per heavy atom. The van der Waals surface area contributed by atoms with Gasteiger partial charge in [-0.15, -0.1) is 0 Å². The lowest BCUT2D eigenvalue weighted by Gasteiger charge is -2.39. The van der Waals surface area contributed by atoms with Gasteiger partial charge in [0, 0.05) is 76.0 Å². The second-order valence-corrected chi connectivity index (χ2v) is 14.5. The molecule has 2 aromatic rings. The van der Waals surface area contributed by atoms with Crippen molar-refractivity contribution in [2.24, 2.45) is 5.41 Å². The minimum atomic E-state index is -1.70. The first-order valence-electron chi connectivity index (χ1n) is 16.1. The normalized spacial score (nSPS) is 23.2. The van der Waals surface area contributed by atoms with Crippen LogP contribution < -0.4 is 5.32 Å². The van der Waals surface area contributed by atoms with Crippen molar-refractivity contribution in [2.45, 2.75) is 50.6 Å². The molecular weight excluding hydrogens is 663 g/mol. The Morgan fingerprint density at radius 1 is 1.06 bits per heavy atom. The fourth-order valence-electron chi connectivity index (χ4n) is 6.92. The highest BCUT2D eigenvalue weighted by Gasteiger charge is 2.61. The minimum absolute atomic E-state index is 0.0330. The summed E-state index contributed by atoms with van der Waals surface area (Å²) in [5.74, 6) is -3.01. The fourth-order valence-corrected chi connectivity index (χ4v) is 7.26. The van der Waals surface area contributed by atoms with Crippen molar-refractivity contribution < 1.29 is 27.8 Å². The Morgan fingerprint density at radius 2 is 1.71 bits per heavy atom. The predicted molar refractivity (Wildman–Crippen MR) is 181 cm³/mol. The van der Waals surface area contributed by atoms with E-state index in [4.69, 9.17) is 32.7 Å². The van der Waals surface area contributed by atoms with Crippen molar-refractivity contribution in [1.29, 1.82) is 5.26 Å². The van der Waals surface area contributed by atoms with Crippen LogP contribution in [-0.2, 0) is 24.5 Å². The Labute approximate surface area is 292 Å². The van der Waals surface area contributed by atoms with Crippen LogP contribution in [0.15, 0.2) is 36.4 Å². The number of benzene rings is 2. The molecule has 0 saturated carbocycles. The lowest BCUT2D eigenvalue weighted by molar-refractivity contribution is -0.137. The standard InChI is InChI=1S/C35H45Cl2F2N5O4/c1-34(2,3)20-28-35(22-40,25-10-9-23(36)19-27(25)38)30(24-7-6-8-26(37)31(24)39)32(41-28)33(46)44-13-11-42(12-14-44)21-29(45)43(15-17-47-4)16-18-48-5/h6-10,19,28,30,32,41H,11-18,20-21H2,1-5H3/t28-,30-,32+,35-/m0/s1. The zero-order valence-electron chi connectivity index (χ0n) is 28.2. The number of nitriles is 1. The highest BCUT2D eigenvalue weighted by Crippen LogP contribution is 2.53. The van der Waals surface area contributed by atoms with Gasteiger partial charge < -0.3 is 24.6 Å². The van der Waals surface area contributed by atoms with Gasteiger partial charge in [0.2, 0.25) is 11.8 Å². The van der Waals surface area contributed by atoms with Crippen LogP contribution in [0.5, 0.6) is 0 Å². The number of ether oxygens (including phenoxy) is 2. The molecule has 4 atom stereocenters. The molecule has 0 aromatic heterocycles. The highest BCUT2D eigenvalue weighted by atomic mass is 35.5. The van der Waals surface area contributed by atoms with E-state index in [1.807, 2.05) is 25.7 Å². The molecule has 13 heteroatoms. The minimum Gasteiger partial charge on any atom is -0.383 e. The molecule has 0 unspecified atom stereocenters. The number of amides is 2. The summed E-state index contributed by atoms with van der Waals surface area (Å²) in [4.78, 5) is 33.0. The number of hydrogen-bond donors (Lipinski definition) is 1. The highest BCUT2D eigenvalue weighted by molar-refractivity contribution is 6.31. The number of hydrogen-bond acceptors (Lipinski definition) is 7. The number of piperazine rings is 1. The molecule has 0 bridgehead atoms. The van der Waals surface area contributed by atoms with E-state index in [9.17, 15) is 14.9 Å². The van der Waals surface area contributed by atoms with Crippen LogP contribution in [0.1, 0.15) is 44.2 Å². The first-order chi connectivity index (χ1) is 22.8. The molecule has 0 radical (unpaired) electrons. The molecule has 2 aliphatic rings. The van der Waals surface area contributed by atoms with Crippen LogP contribution in [0.4, 0.5) is 8.78 Å². The van der Waals surface area contributed by atoms with Crippen molar-refractivity contribution in [3.63, 3.8) is 0 Å². The Bertz CT molecular complexity index is 1490. The van der Waals surface area contributed by atoms with Crippen LogP contribution in [0.25, 0.3) is 0 Å². The van der Waals surface area contributed by atoms with E-state index in [1.165, 1.54) is 24.3 Å². The summed E-state index contributed by atoms with van der Waals surface area (Å²) < 4.78 is 42.2. The summed E-state index contributed by atoms with van der Waals surface area (Å²) in [5, 5.41) is 14.5. The summed E-state index contributed by atoms with van der Waals surface area (Å²) in [6, 6.07) is 9.14. The van der Waals surface area contributed by atoms with Crippen LogP contribution in [-0.4, -0.2) is 112 Å². The van der Waals surface area contributed by atoms with Crippen molar-refractivity contribution in [1.82, 2.24) is 20.0 Å². The Kier molecular flexibility index (Phi) is 12.8. The third kappa shape index (κ3) is 8.29. The van der Waals surface area contributed by atoms with E-state index in [-0.39, 0.29) is 44.9 Å². The smallest absolute Gasteiger partial charge is 0.240 e. The number of nitrogens with zero attached hydrogens (tertiary/aromatic N) is 4. The van der Waals surface area contributed by atoms with Gasteiger partial charge in [0.05, 0.1) is 36.9 Å². The van der Waals surface area contributed by atoms with E-state index < -0.39 is 35.1 Å². The van der Waals surface area contributed by atoms with Crippen molar-refractivity contribution in [2.75, 3.05) is 73.2 Å². The Hall–Kier alpha value is -2.85. The van der Waals surface area contributed by atoms with Gasteiger partial charge in [-0.05, 0) is 35.6 Å². The molecule has 2 heterocycles. The maximum atomic E-state index is 16.0. The molecule has 2 aliphatic heterocycles. The first kappa shape index (κ1) is 38.0. The van der Waals surface area contributed by atoms with Crippen LogP contribution in [0, 0.1) is 28.4 Å². The van der Waals surface area contributed by atoms with Crippen LogP contribution in [0.3, 0.4) is 0 Å². The molecular formula is C35H45Cl2F2N5O4. The summed E-state index contributed by atoms with van der Waals surface area (Å²) in [5.41, 5.74) is -1.96. The Balaban J connectivity index is 1.67. The molecule has 9 nitrogen and oxygen atoms in total. The molecule has 0 aliphatic carbocycles. The second-order valence-electron chi connectivity index (χ2n) is 13.7. The van der Waals surface area contributed by atoms with Gasteiger partial charge in [-0.25, -0.2) is 8.78 Å². The number of carbonyl (C=O) groups excluding carboxylic acids is 2. The third-order valence-corrected chi connectivity index (χ3v) is 9.77. The molecule has 2 saturated heterocycles. The zero-order chi connectivity index (χ0) is 35.2. The number of halogens is 4. The van der Waals surface area contributed by atoms with Crippen molar-refractivity contribution in [3.05, 3.63) is 69.2 Å². The van der Waals surface area contributed by atoms with Gasteiger partial charge in [0.25, 0.3) is 0 Å². The number of rotatable bonds is 12. The van der Waals surface area contributed by atoms with E-state index in [0.29, 0.717) is 58.9 Å². The van der Waals surface area contributed by atoms with Gasteiger partial charge >= 0.3 is 0 Å². The average molecular weight is 709 g/mol. The third-order valence-electron chi connectivity index (χ3n) is 9.24. The van der Waals surface area contributed by atoms with E-state index in [1.54, 1.807) is 30.1 Å². The lowest BCUT2D eigenvalue weighted by atomic mass is 9.62. The van der Waals surface area contributed by atoms with Crippen molar-refractivity contribution >= 4 is 35.0 Å². The van der Waals surface area contributed by atoms with E-state index >= 15 is 8.78 Å². The summed E-state index contributed by atoms with van der Waals surface area (Å²) in [6.45, 7) is 9.33. The number of nitrogens with one attached hydrogen (secondary N) is 1. The SMILES string of the molecule is COCCN(CCOC)C(=O)CN1CCN(C(=O)[C@@H]2N[C@@H](CC(C)(C)C)[C@](C#N)(c3ccc(Cl)cc3F)[C@H]2c2cccc(Cl)c2F)CC1. The second kappa shape index (κ2) is 16.2. The van der Waals surface area contributed by atoms with Gasteiger partial charge in [-0.1, -0.05) is 62.2 Å². The number of carbonyl (C=O) groups is 2. The quantitative estimate of drug-likeness (QED) is 0.337.